The number of nitrogens with zero attached hydrogens (tertiary/aromatic N) is 2. The average molecular weight is 323 g/mol. The number of hydrogen-bond donors (Lipinski definition) is 1. The highest BCUT2D eigenvalue weighted by molar-refractivity contribution is 5.83. The van der Waals surface area contributed by atoms with E-state index in [0.717, 1.165) is 32.5 Å². The van der Waals surface area contributed by atoms with Gasteiger partial charge >= 0.3 is 0 Å². The van der Waals surface area contributed by atoms with Crippen molar-refractivity contribution in [1.82, 2.24) is 14.9 Å². The molecule has 1 N–H and O–H groups in total. The molecule has 4 nitrogen and oxygen atoms in total. The molecular formula is C20H25N3O. The fourth-order valence-corrected chi connectivity index (χ4v) is 2.92. The Kier molecular flexibility index (Phi) is 5.85. The number of pyridine rings is 1. The lowest BCUT2D eigenvalue weighted by Crippen LogP contribution is -2.17. The second-order valence-electron chi connectivity index (χ2n) is 5.91. The molecule has 2 heterocycles. The van der Waals surface area contributed by atoms with Gasteiger partial charge in [0.1, 0.15) is 0 Å². The van der Waals surface area contributed by atoms with E-state index in [4.69, 9.17) is 4.74 Å². The van der Waals surface area contributed by atoms with E-state index >= 15 is 0 Å². The van der Waals surface area contributed by atoms with E-state index in [2.05, 4.69) is 52.3 Å². The predicted octanol–water partition coefficient (Wildman–Crippen LogP) is 4.01. The topological polar surface area (TPSA) is 39.1 Å². The molecule has 0 saturated heterocycles. The molecule has 0 saturated carbocycles. The highest BCUT2D eigenvalue weighted by atomic mass is 16.5. The molecule has 4 heteroatoms. The summed E-state index contributed by atoms with van der Waals surface area (Å²) in [4.78, 5) is 4.15. The molecule has 0 radical (unpaired) electrons. The van der Waals surface area contributed by atoms with Crippen molar-refractivity contribution in [2.45, 2.75) is 32.9 Å². The third-order valence-corrected chi connectivity index (χ3v) is 4.04. The quantitative estimate of drug-likeness (QED) is 0.605. The first-order chi connectivity index (χ1) is 11.9. The minimum atomic E-state index is 0.682. The number of nitrogens with one attached hydrogen (secondary N) is 1. The van der Waals surface area contributed by atoms with Gasteiger partial charge in [0.2, 0.25) is 5.88 Å². The number of aryl methyl sites for hydroxylation is 1. The summed E-state index contributed by atoms with van der Waals surface area (Å²) in [5, 5.41) is 4.87. The summed E-state index contributed by atoms with van der Waals surface area (Å²) in [5.41, 5.74) is 2.69. The van der Waals surface area contributed by atoms with Crippen LogP contribution in [0.5, 0.6) is 5.88 Å². The van der Waals surface area contributed by atoms with E-state index in [0.29, 0.717) is 12.5 Å². The molecule has 0 unspecified atom stereocenters. The second-order valence-corrected chi connectivity index (χ2v) is 5.91. The van der Waals surface area contributed by atoms with Crippen LogP contribution < -0.4 is 10.1 Å². The monoisotopic (exact) mass is 323 g/mol. The number of fused-ring (bicyclic) bond motifs is 1. The highest BCUT2D eigenvalue weighted by Gasteiger charge is 2.06. The third-order valence-electron chi connectivity index (χ3n) is 4.04. The van der Waals surface area contributed by atoms with E-state index in [-0.39, 0.29) is 0 Å². The van der Waals surface area contributed by atoms with Gasteiger partial charge in [-0.2, -0.15) is 0 Å². The van der Waals surface area contributed by atoms with E-state index in [1.165, 1.54) is 16.5 Å². The molecule has 126 valence electrons. The van der Waals surface area contributed by atoms with Crippen LogP contribution >= 0.6 is 0 Å². The fraction of sp³-hybridized carbons (Fsp3) is 0.350. The van der Waals surface area contributed by atoms with Crippen molar-refractivity contribution in [3.8, 4) is 5.88 Å². The van der Waals surface area contributed by atoms with Gasteiger partial charge in [0.05, 0.1) is 6.61 Å². The SMILES string of the molecule is CCCn1cc(CNCCCOc2ccccn2)c2ccccc21. The Labute approximate surface area is 143 Å². The summed E-state index contributed by atoms with van der Waals surface area (Å²) in [6.45, 7) is 5.79. The van der Waals surface area contributed by atoms with Crippen LogP contribution in [0.4, 0.5) is 0 Å². The van der Waals surface area contributed by atoms with Crippen LogP contribution in [0.2, 0.25) is 0 Å². The third kappa shape index (κ3) is 4.15. The molecule has 3 aromatic rings. The molecule has 0 spiro atoms. The second kappa shape index (κ2) is 8.50. The number of rotatable bonds is 9. The van der Waals surface area contributed by atoms with E-state index in [9.17, 15) is 0 Å². The Morgan fingerprint density at radius 1 is 1.12 bits per heavy atom. The molecule has 0 amide bonds. The summed E-state index contributed by atoms with van der Waals surface area (Å²) >= 11 is 0. The summed E-state index contributed by atoms with van der Waals surface area (Å²) < 4.78 is 7.97. The summed E-state index contributed by atoms with van der Waals surface area (Å²) in [7, 11) is 0. The van der Waals surface area contributed by atoms with Crippen molar-refractivity contribution in [3.05, 3.63) is 60.4 Å². The fourth-order valence-electron chi connectivity index (χ4n) is 2.92. The molecule has 0 atom stereocenters. The Bertz CT molecular complexity index is 752. The maximum atomic E-state index is 5.61. The highest BCUT2D eigenvalue weighted by Crippen LogP contribution is 2.21. The average Bonchev–Trinajstić information content (AvgIpc) is 2.97. The molecule has 2 aromatic heterocycles. The van der Waals surface area contributed by atoms with Gasteiger partial charge in [0.15, 0.2) is 0 Å². The first-order valence-electron chi connectivity index (χ1n) is 8.70. The largest absolute Gasteiger partial charge is 0.478 e. The smallest absolute Gasteiger partial charge is 0.213 e. The van der Waals surface area contributed by atoms with Gasteiger partial charge in [-0.25, -0.2) is 4.98 Å². The van der Waals surface area contributed by atoms with Crippen molar-refractivity contribution in [2.75, 3.05) is 13.2 Å². The molecule has 3 rings (SSSR count). The molecule has 0 bridgehead atoms. The van der Waals surface area contributed by atoms with Crippen LogP contribution in [0, 0.1) is 0 Å². The Hall–Kier alpha value is -2.33. The van der Waals surface area contributed by atoms with E-state index in [1.54, 1.807) is 6.20 Å². The van der Waals surface area contributed by atoms with E-state index < -0.39 is 0 Å². The number of para-hydroxylation sites is 1. The number of aromatic nitrogens is 2. The van der Waals surface area contributed by atoms with Crippen LogP contribution in [-0.4, -0.2) is 22.7 Å². The van der Waals surface area contributed by atoms with Crippen LogP contribution in [0.3, 0.4) is 0 Å². The molecule has 24 heavy (non-hydrogen) atoms. The van der Waals surface area contributed by atoms with Crippen LogP contribution in [-0.2, 0) is 13.1 Å². The van der Waals surface area contributed by atoms with Gasteiger partial charge in [-0.3, -0.25) is 0 Å². The van der Waals surface area contributed by atoms with Gasteiger partial charge < -0.3 is 14.6 Å². The van der Waals surface area contributed by atoms with Crippen LogP contribution in [0.15, 0.2) is 54.9 Å². The summed E-state index contributed by atoms with van der Waals surface area (Å²) in [5.74, 6) is 0.695. The van der Waals surface area contributed by atoms with Crippen molar-refractivity contribution in [3.63, 3.8) is 0 Å². The minimum Gasteiger partial charge on any atom is -0.478 e. The molecule has 0 fully saturated rings. The number of benzene rings is 1. The zero-order valence-electron chi connectivity index (χ0n) is 14.2. The van der Waals surface area contributed by atoms with Gasteiger partial charge in [-0.1, -0.05) is 31.2 Å². The Morgan fingerprint density at radius 2 is 2.00 bits per heavy atom. The number of hydrogen-bond acceptors (Lipinski definition) is 3. The Morgan fingerprint density at radius 3 is 2.83 bits per heavy atom. The first kappa shape index (κ1) is 16.5. The van der Waals surface area contributed by atoms with Crippen molar-refractivity contribution < 1.29 is 4.74 Å². The van der Waals surface area contributed by atoms with Gasteiger partial charge in [-0.15, -0.1) is 0 Å². The molecule has 0 aliphatic carbocycles. The normalized spacial score (nSPS) is 11.0. The summed E-state index contributed by atoms with van der Waals surface area (Å²) in [6, 6.07) is 14.4. The van der Waals surface area contributed by atoms with Gasteiger partial charge in [-0.05, 0) is 37.1 Å². The maximum Gasteiger partial charge on any atom is 0.213 e. The summed E-state index contributed by atoms with van der Waals surface area (Å²) in [6.07, 6.45) is 6.14. The lowest BCUT2D eigenvalue weighted by atomic mass is 10.2. The van der Waals surface area contributed by atoms with Gasteiger partial charge in [0, 0.05) is 42.5 Å². The zero-order valence-corrected chi connectivity index (χ0v) is 14.2. The zero-order chi connectivity index (χ0) is 16.6. The number of ether oxygens (including phenoxy) is 1. The van der Waals surface area contributed by atoms with E-state index in [1.807, 2.05) is 18.2 Å². The minimum absolute atomic E-state index is 0.682. The van der Waals surface area contributed by atoms with Crippen LogP contribution in [0.25, 0.3) is 10.9 Å². The maximum absolute atomic E-state index is 5.61. The molecular weight excluding hydrogens is 298 g/mol. The van der Waals surface area contributed by atoms with Crippen LogP contribution in [0.1, 0.15) is 25.3 Å². The standard InChI is InChI=1S/C20H25N3O/c1-2-13-23-16-17(18-8-3-4-9-19(18)23)15-21-11-7-14-24-20-10-5-6-12-22-20/h3-6,8-10,12,16,21H,2,7,11,13-15H2,1H3. The molecule has 0 aliphatic heterocycles. The van der Waals surface area contributed by atoms with Crippen molar-refractivity contribution in [2.24, 2.45) is 0 Å². The molecule has 0 aliphatic rings. The Balaban J connectivity index is 1.47. The van der Waals surface area contributed by atoms with Crippen molar-refractivity contribution in [1.29, 1.82) is 0 Å². The van der Waals surface area contributed by atoms with Gasteiger partial charge in [0.25, 0.3) is 0 Å². The molecule has 1 aromatic carbocycles. The lowest BCUT2D eigenvalue weighted by molar-refractivity contribution is 0.296. The first-order valence-corrected chi connectivity index (χ1v) is 8.70. The predicted molar refractivity (Wildman–Crippen MR) is 98.3 cm³/mol. The lowest BCUT2D eigenvalue weighted by Gasteiger charge is -2.06. The van der Waals surface area contributed by atoms with Crippen molar-refractivity contribution >= 4 is 10.9 Å².